The molecule has 3 aromatic rings. The van der Waals surface area contributed by atoms with E-state index in [1.54, 1.807) is 10.9 Å². The van der Waals surface area contributed by atoms with Gasteiger partial charge in [0.25, 0.3) is 0 Å². The molecule has 0 unspecified atom stereocenters. The summed E-state index contributed by atoms with van der Waals surface area (Å²) in [5.74, 6) is 3.11. The molecule has 1 N–H and O–H groups in total. The van der Waals surface area contributed by atoms with Crippen molar-refractivity contribution in [3.63, 3.8) is 0 Å². The van der Waals surface area contributed by atoms with E-state index >= 15 is 0 Å². The van der Waals surface area contributed by atoms with Gasteiger partial charge in [0.05, 0.1) is 30.8 Å². The molecule has 1 aromatic carbocycles. The lowest BCUT2D eigenvalue weighted by molar-refractivity contribution is 0.297. The second kappa shape index (κ2) is 6.23. The molecule has 4 rings (SSSR count). The Morgan fingerprint density at radius 2 is 1.96 bits per heavy atom. The minimum absolute atomic E-state index is 0.0508. The van der Waals surface area contributed by atoms with Crippen LogP contribution in [-0.2, 0) is 7.05 Å². The third-order valence-electron chi connectivity index (χ3n) is 4.33. The van der Waals surface area contributed by atoms with E-state index in [-0.39, 0.29) is 6.04 Å². The lowest BCUT2D eigenvalue weighted by Gasteiger charge is -2.17. The number of nitrogens with zero attached hydrogens (tertiary/aromatic N) is 4. The van der Waals surface area contributed by atoms with Crippen LogP contribution >= 0.6 is 0 Å². The minimum atomic E-state index is 0.0508. The average molecular weight is 339 g/mol. The van der Waals surface area contributed by atoms with Crippen molar-refractivity contribution in [1.29, 1.82) is 0 Å². The quantitative estimate of drug-likeness (QED) is 0.791. The second-order valence-electron chi connectivity index (χ2n) is 6.25. The zero-order chi connectivity index (χ0) is 17.4. The summed E-state index contributed by atoms with van der Waals surface area (Å²) < 4.78 is 13.2. The van der Waals surface area contributed by atoms with Gasteiger partial charge in [0.1, 0.15) is 11.6 Å². The van der Waals surface area contributed by atoms with E-state index in [2.05, 4.69) is 33.4 Å². The molecule has 0 saturated carbocycles. The van der Waals surface area contributed by atoms with Crippen LogP contribution in [0.3, 0.4) is 0 Å². The van der Waals surface area contributed by atoms with E-state index in [9.17, 15) is 0 Å². The highest BCUT2D eigenvalue weighted by atomic mass is 16.5. The van der Waals surface area contributed by atoms with Gasteiger partial charge in [0.15, 0.2) is 17.1 Å². The van der Waals surface area contributed by atoms with Gasteiger partial charge in [-0.1, -0.05) is 6.07 Å². The summed E-state index contributed by atoms with van der Waals surface area (Å²) in [5, 5.41) is 8.67. The van der Waals surface area contributed by atoms with Crippen LogP contribution in [0.4, 0.5) is 5.82 Å². The molecular formula is C18H21N5O2. The molecular weight excluding hydrogens is 318 g/mol. The Kier molecular flexibility index (Phi) is 3.91. The van der Waals surface area contributed by atoms with Crippen LogP contribution in [0.15, 0.2) is 24.4 Å². The molecule has 0 amide bonds. The number of nitrogens with one attached hydrogen (secondary N) is 1. The number of aryl methyl sites for hydroxylation is 2. The Morgan fingerprint density at radius 1 is 1.16 bits per heavy atom. The normalized spacial score (nSPS) is 15.0. The fourth-order valence-corrected chi connectivity index (χ4v) is 2.98. The number of hydrogen-bond donors (Lipinski definition) is 1. The van der Waals surface area contributed by atoms with Gasteiger partial charge >= 0.3 is 0 Å². The standard InChI is InChI=1S/C18H21N5O2/c1-11(13-5-6-15-16(9-13)25-8-4-7-24-15)20-17-14-10-19-23(3)18(14)22-12(2)21-17/h5-6,9-11H,4,7-8H2,1-3H3,(H,20,21,22)/t11-/m0/s1. The molecule has 7 heteroatoms. The van der Waals surface area contributed by atoms with E-state index in [1.807, 2.05) is 26.1 Å². The molecule has 7 nitrogen and oxygen atoms in total. The molecule has 130 valence electrons. The van der Waals surface area contributed by atoms with Crippen molar-refractivity contribution in [3.8, 4) is 11.5 Å². The van der Waals surface area contributed by atoms with E-state index in [0.717, 1.165) is 40.3 Å². The number of fused-ring (bicyclic) bond motifs is 2. The maximum Gasteiger partial charge on any atom is 0.163 e. The van der Waals surface area contributed by atoms with Crippen LogP contribution in [0.2, 0.25) is 0 Å². The lowest BCUT2D eigenvalue weighted by atomic mass is 10.1. The number of rotatable bonds is 3. The van der Waals surface area contributed by atoms with Gasteiger partial charge in [-0.15, -0.1) is 0 Å². The van der Waals surface area contributed by atoms with Crippen molar-refractivity contribution >= 4 is 16.9 Å². The predicted molar refractivity (Wildman–Crippen MR) is 95.1 cm³/mol. The molecule has 0 fully saturated rings. The Hall–Kier alpha value is -2.83. The Labute approximate surface area is 146 Å². The summed E-state index contributed by atoms with van der Waals surface area (Å²) in [6.07, 6.45) is 2.69. The summed E-state index contributed by atoms with van der Waals surface area (Å²) in [7, 11) is 1.88. The van der Waals surface area contributed by atoms with Crippen LogP contribution in [-0.4, -0.2) is 33.0 Å². The molecule has 0 saturated heterocycles. The monoisotopic (exact) mass is 339 g/mol. The molecule has 0 bridgehead atoms. The number of hydrogen-bond acceptors (Lipinski definition) is 6. The topological polar surface area (TPSA) is 74.1 Å². The molecule has 0 radical (unpaired) electrons. The van der Waals surface area contributed by atoms with Crippen LogP contribution < -0.4 is 14.8 Å². The smallest absolute Gasteiger partial charge is 0.163 e. The summed E-state index contributed by atoms with van der Waals surface area (Å²) in [5.41, 5.74) is 1.93. The zero-order valence-electron chi connectivity index (χ0n) is 14.6. The van der Waals surface area contributed by atoms with Crippen molar-refractivity contribution < 1.29 is 9.47 Å². The number of benzene rings is 1. The minimum Gasteiger partial charge on any atom is -0.490 e. The first kappa shape index (κ1) is 15.7. The van der Waals surface area contributed by atoms with Crippen LogP contribution in [0.25, 0.3) is 11.0 Å². The average Bonchev–Trinajstić information content (AvgIpc) is 2.82. The second-order valence-corrected chi connectivity index (χ2v) is 6.25. The van der Waals surface area contributed by atoms with Crippen LogP contribution in [0.5, 0.6) is 11.5 Å². The molecule has 0 aliphatic carbocycles. The van der Waals surface area contributed by atoms with Crippen molar-refractivity contribution in [2.45, 2.75) is 26.3 Å². The van der Waals surface area contributed by atoms with Crippen LogP contribution in [0.1, 0.15) is 30.8 Å². The summed E-state index contributed by atoms with van der Waals surface area (Å²) in [6.45, 7) is 5.35. The maximum atomic E-state index is 5.79. The van der Waals surface area contributed by atoms with Gasteiger partial charge in [-0.25, -0.2) is 9.97 Å². The predicted octanol–water partition coefficient (Wildman–Crippen LogP) is 3.01. The summed E-state index contributed by atoms with van der Waals surface area (Å²) in [6, 6.07) is 6.11. The zero-order valence-corrected chi connectivity index (χ0v) is 14.6. The highest BCUT2D eigenvalue weighted by Crippen LogP contribution is 2.33. The van der Waals surface area contributed by atoms with Gasteiger partial charge in [-0.2, -0.15) is 5.10 Å². The molecule has 1 aliphatic rings. The molecule has 1 atom stereocenters. The summed E-state index contributed by atoms with van der Waals surface area (Å²) in [4.78, 5) is 9.01. The molecule has 2 aromatic heterocycles. The highest BCUT2D eigenvalue weighted by Gasteiger charge is 2.16. The van der Waals surface area contributed by atoms with Crippen molar-refractivity contribution in [3.05, 3.63) is 35.8 Å². The maximum absolute atomic E-state index is 5.79. The molecule has 25 heavy (non-hydrogen) atoms. The highest BCUT2D eigenvalue weighted by molar-refractivity contribution is 5.86. The van der Waals surface area contributed by atoms with Gasteiger partial charge in [0, 0.05) is 13.5 Å². The van der Waals surface area contributed by atoms with Crippen molar-refractivity contribution in [2.24, 2.45) is 7.05 Å². The third-order valence-corrected chi connectivity index (χ3v) is 4.33. The number of ether oxygens (including phenoxy) is 2. The first-order chi connectivity index (χ1) is 12.1. The first-order valence-electron chi connectivity index (χ1n) is 8.44. The van der Waals surface area contributed by atoms with E-state index < -0.39 is 0 Å². The van der Waals surface area contributed by atoms with Gasteiger partial charge < -0.3 is 14.8 Å². The Balaban J connectivity index is 1.64. The Bertz CT molecular complexity index is 921. The van der Waals surface area contributed by atoms with Crippen molar-refractivity contribution in [1.82, 2.24) is 19.7 Å². The first-order valence-corrected chi connectivity index (χ1v) is 8.44. The van der Waals surface area contributed by atoms with Crippen molar-refractivity contribution in [2.75, 3.05) is 18.5 Å². The van der Waals surface area contributed by atoms with Crippen LogP contribution in [0, 0.1) is 6.92 Å². The molecule has 1 aliphatic heterocycles. The van der Waals surface area contributed by atoms with E-state index in [0.29, 0.717) is 19.0 Å². The molecule has 3 heterocycles. The van der Waals surface area contributed by atoms with E-state index in [4.69, 9.17) is 9.47 Å². The Morgan fingerprint density at radius 3 is 2.80 bits per heavy atom. The third kappa shape index (κ3) is 2.97. The van der Waals surface area contributed by atoms with Gasteiger partial charge in [-0.3, -0.25) is 4.68 Å². The lowest BCUT2D eigenvalue weighted by Crippen LogP contribution is -2.10. The van der Waals surface area contributed by atoms with E-state index in [1.165, 1.54) is 0 Å². The number of anilines is 1. The SMILES string of the molecule is Cc1nc(N[C@@H](C)c2ccc3c(c2)OCCCO3)c2cnn(C)c2n1. The number of aromatic nitrogens is 4. The van der Waals surface area contributed by atoms with Gasteiger partial charge in [0.2, 0.25) is 0 Å². The fourth-order valence-electron chi connectivity index (χ4n) is 2.98. The molecule has 0 spiro atoms. The largest absolute Gasteiger partial charge is 0.490 e. The fraction of sp³-hybridized carbons (Fsp3) is 0.389. The summed E-state index contributed by atoms with van der Waals surface area (Å²) >= 11 is 0. The van der Waals surface area contributed by atoms with Gasteiger partial charge in [-0.05, 0) is 31.5 Å².